The van der Waals surface area contributed by atoms with Crippen molar-refractivity contribution >= 4 is 23.9 Å². The van der Waals surface area contributed by atoms with E-state index in [1.54, 1.807) is 0 Å². The molecule has 0 radical (unpaired) electrons. The summed E-state index contributed by atoms with van der Waals surface area (Å²) in [6, 6.07) is 0. The first-order valence-electron chi connectivity index (χ1n) is 3.65. The molecule has 0 aliphatic heterocycles. The Hall–Kier alpha value is -1.61. The van der Waals surface area contributed by atoms with Crippen LogP contribution < -0.4 is 15.3 Å². The third kappa shape index (κ3) is 848. The van der Waals surface area contributed by atoms with E-state index in [4.69, 9.17) is 39.6 Å². The summed E-state index contributed by atoms with van der Waals surface area (Å²) in [6.45, 7) is 4.00. The van der Waals surface area contributed by atoms with Gasteiger partial charge in [0.25, 0.3) is 5.97 Å². The van der Waals surface area contributed by atoms with Gasteiger partial charge in [0.05, 0.1) is 0 Å². The van der Waals surface area contributed by atoms with Gasteiger partial charge >= 0.3 is 16.8 Å². The van der Waals surface area contributed by atoms with Gasteiger partial charge in [-0.25, -0.2) is 0 Å². The minimum atomic E-state index is -1.08. The number of carboxylic acids is 4. The number of hydrogen-bond acceptors (Lipinski definition) is 7. The third-order valence-electron chi connectivity index (χ3n) is 0. The second kappa shape index (κ2) is 23.9. The molecule has 0 aromatic carbocycles. The Morgan fingerprint density at radius 2 is 0.706 bits per heavy atom. The Morgan fingerprint density at radius 1 is 0.706 bits per heavy atom. The van der Waals surface area contributed by atoms with Crippen molar-refractivity contribution < 1.29 is 56.4 Å². The number of hydrogen-bond donors (Lipinski definition) is 1. The zero-order chi connectivity index (χ0) is 14.3. The summed E-state index contributed by atoms with van der Waals surface area (Å²) in [6.07, 6.45) is 0. The average Bonchev–Trinajstić information content (AvgIpc) is 1.76. The molecule has 0 atom stereocenters. The second-order valence-corrected chi connectivity index (χ2v) is 1.99. The molecule has 0 bridgehead atoms. The number of carbonyl (C=O) groups excluding carboxylic acids is 3. The molecule has 1 N–H and O–H groups in total. The van der Waals surface area contributed by atoms with Crippen molar-refractivity contribution in [2.45, 2.75) is 27.7 Å². The van der Waals surface area contributed by atoms with Crippen LogP contribution in [0, 0.1) is 0 Å². The van der Waals surface area contributed by atoms with Crippen LogP contribution >= 0.6 is 0 Å². The first-order chi connectivity index (χ1) is 6.93. The predicted octanol–water partition coefficient (Wildman–Crippen LogP) is -3.64. The standard InChI is InChI=1S/4C2H4O2.Co/c4*1-2(3)4;/h4*1H3,(H,3,4);/q;;;;+3/p-3. The molecule has 0 rings (SSSR count). The number of carbonyl (C=O) groups is 4. The smallest absolute Gasteiger partial charge is 0.550 e. The van der Waals surface area contributed by atoms with Gasteiger partial charge < -0.3 is 34.8 Å². The minimum Gasteiger partial charge on any atom is -0.550 e. The molecular weight excluding hydrogens is 283 g/mol. The molecule has 0 aromatic rings. The SMILES string of the molecule is CC(=O)O.CC(=O)[O-].CC(=O)[O-].CC(=O)[O-].[Co+3]. The average molecular weight is 296 g/mol. The Morgan fingerprint density at radius 3 is 0.706 bits per heavy atom. The Bertz CT molecular complexity index is 162. The van der Waals surface area contributed by atoms with Crippen LogP contribution in [0.15, 0.2) is 0 Å². The number of aliphatic carboxylic acids is 4. The Labute approximate surface area is 108 Å². The van der Waals surface area contributed by atoms with E-state index in [-0.39, 0.29) is 16.8 Å². The molecule has 0 aliphatic carbocycles. The third-order valence-corrected chi connectivity index (χ3v) is 0. The van der Waals surface area contributed by atoms with E-state index in [2.05, 4.69) is 0 Å². The maximum atomic E-state index is 9.00. The summed E-state index contributed by atoms with van der Waals surface area (Å²) in [5, 5.41) is 34.1. The maximum absolute atomic E-state index is 9.00. The number of rotatable bonds is 0. The van der Waals surface area contributed by atoms with Crippen molar-refractivity contribution in [1.29, 1.82) is 0 Å². The van der Waals surface area contributed by atoms with Crippen LogP contribution in [0.3, 0.4) is 0 Å². The van der Waals surface area contributed by atoms with Crippen LogP contribution in [0.4, 0.5) is 0 Å². The zero-order valence-corrected chi connectivity index (χ0v) is 10.7. The molecule has 0 unspecified atom stereocenters. The summed E-state index contributed by atoms with van der Waals surface area (Å²) < 4.78 is 0. The molecule has 0 heterocycles. The molecule has 0 fully saturated rings. The summed E-state index contributed by atoms with van der Waals surface area (Å²) in [4.78, 5) is 35.7. The predicted molar refractivity (Wildman–Crippen MR) is 45.4 cm³/mol. The minimum absolute atomic E-state index is 0. The van der Waals surface area contributed by atoms with Crippen molar-refractivity contribution in [3.63, 3.8) is 0 Å². The van der Waals surface area contributed by atoms with Gasteiger partial charge in [-0.15, -0.1) is 0 Å². The Kier molecular flexibility index (Phi) is 41.5. The maximum Gasteiger partial charge on any atom is 3.00 e. The van der Waals surface area contributed by atoms with E-state index in [0.717, 1.165) is 27.7 Å². The van der Waals surface area contributed by atoms with Gasteiger partial charge in [-0.2, -0.15) is 0 Å². The van der Waals surface area contributed by atoms with Crippen LogP contribution in [-0.2, 0) is 36.0 Å². The molecule has 0 saturated carbocycles. The van der Waals surface area contributed by atoms with E-state index in [9.17, 15) is 0 Å². The molecular formula is C8H13CoO8. The summed E-state index contributed by atoms with van der Waals surface area (Å²) in [7, 11) is 0. The molecule has 17 heavy (non-hydrogen) atoms. The molecule has 0 spiro atoms. The van der Waals surface area contributed by atoms with Gasteiger partial charge in [0.15, 0.2) is 0 Å². The van der Waals surface area contributed by atoms with E-state index >= 15 is 0 Å². The summed E-state index contributed by atoms with van der Waals surface area (Å²) in [5.74, 6) is -4.08. The largest absolute Gasteiger partial charge is 3.00 e. The summed E-state index contributed by atoms with van der Waals surface area (Å²) in [5.41, 5.74) is 0. The van der Waals surface area contributed by atoms with Crippen LogP contribution in [0.5, 0.6) is 0 Å². The second-order valence-electron chi connectivity index (χ2n) is 1.99. The quantitative estimate of drug-likeness (QED) is 0.479. The van der Waals surface area contributed by atoms with Gasteiger partial charge in [-0.1, -0.05) is 0 Å². The summed E-state index contributed by atoms with van der Waals surface area (Å²) >= 11 is 0. The molecule has 0 aliphatic rings. The fourth-order valence-corrected chi connectivity index (χ4v) is 0. The van der Waals surface area contributed by atoms with Gasteiger partial charge in [0.2, 0.25) is 0 Å². The van der Waals surface area contributed by atoms with Crippen LogP contribution in [0.1, 0.15) is 27.7 Å². The van der Waals surface area contributed by atoms with Crippen molar-refractivity contribution in [3.05, 3.63) is 0 Å². The molecule has 102 valence electrons. The van der Waals surface area contributed by atoms with E-state index in [1.165, 1.54) is 0 Å². The molecule has 0 aromatic heterocycles. The van der Waals surface area contributed by atoms with Crippen molar-refractivity contribution in [1.82, 2.24) is 0 Å². The van der Waals surface area contributed by atoms with Gasteiger partial charge in [0.1, 0.15) is 0 Å². The van der Waals surface area contributed by atoms with E-state index in [1.807, 2.05) is 0 Å². The molecule has 9 heteroatoms. The first kappa shape index (κ1) is 29.5. The fraction of sp³-hybridized carbons (Fsp3) is 0.500. The Balaban J connectivity index is -0.0000000369. The van der Waals surface area contributed by atoms with Crippen molar-refractivity contribution in [2.24, 2.45) is 0 Å². The van der Waals surface area contributed by atoms with Gasteiger partial charge in [-0.05, 0) is 20.8 Å². The fourth-order valence-electron chi connectivity index (χ4n) is 0. The molecule has 0 saturated heterocycles. The van der Waals surface area contributed by atoms with E-state index in [0.29, 0.717) is 0 Å². The number of carboxylic acid groups (broad SMARTS) is 4. The van der Waals surface area contributed by atoms with Crippen molar-refractivity contribution in [2.75, 3.05) is 0 Å². The van der Waals surface area contributed by atoms with Crippen LogP contribution in [-0.4, -0.2) is 29.0 Å². The van der Waals surface area contributed by atoms with Crippen molar-refractivity contribution in [3.8, 4) is 0 Å². The topological polar surface area (TPSA) is 158 Å². The monoisotopic (exact) mass is 296 g/mol. The zero-order valence-electron chi connectivity index (χ0n) is 9.64. The first-order valence-corrected chi connectivity index (χ1v) is 3.65. The molecule has 8 nitrogen and oxygen atoms in total. The van der Waals surface area contributed by atoms with Crippen LogP contribution in [0.25, 0.3) is 0 Å². The normalized spacial score (nSPS) is 5.88. The van der Waals surface area contributed by atoms with E-state index < -0.39 is 23.9 Å². The van der Waals surface area contributed by atoms with Gasteiger partial charge in [0, 0.05) is 24.8 Å². The van der Waals surface area contributed by atoms with Gasteiger partial charge in [-0.3, -0.25) is 4.79 Å². The molecule has 0 amide bonds. The van der Waals surface area contributed by atoms with Crippen LogP contribution in [0.2, 0.25) is 0 Å².